The van der Waals surface area contributed by atoms with Gasteiger partial charge in [0.05, 0.1) is 11.7 Å². The first-order valence-electron chi connectivity index (χ1n) is 8.92. The number of hydrogen-bond acceptors (Lipinski definition) is 3. The first-order valence-corrected chi connectivity index (χ1v) is 9.30. The molecule has 140 valence electrons. The molecule has 0 aliphatic rings. The van der Waals surface area contributed by atoms with Crippen LogP contribution in [-0.4, -0.2) is 16.0 Å². The van der Waals surface area contributed by atoms with Crippen molar-refractivity contribution in [2.45, 2.75) is 13.5 Å². The molecular weight excluding hydrogens is 372 g/mol. The summed E-state index contributed by atoms with van der Waals surface area (Å²) in [5.74, 6) is 0.807. The smallest absolute Gasteiger partial charge is 0.119 e. The van der Waals surface area contributed by atoms with E-state index in [-0.39, 0.29) is 0 Å². The van der Waals surface area contributed by atoms with E-state index in [0.717, 1.165) is 39.2 Å². The first kappa shape index (κ1) is 18.1. The SMILES string of the molecule is Cc1c(C=NO)c2cc(Cl)ccc2n1-c1ccc(OCc2ccccc2)cc1. The fourth-order valence-corrected chi connectivity index (χ4v) is 3.57. The molecule has 0 fully saturated rings. The summed E-state index contributed by atoms with van der Waals surface area (Å²) in [6.07, 6.45) is 1.45. The molecule has 0 amide bonds. The Morgan fingerprint density at radius 3 is 2.50 bits per heavy atom. The Kier molecular flexibility index (Phi) is 5.04. The predicted molar refractivity (Wildman–Crippen MR) is 113 cm³/mol. The summed E-state index contributed by atoms with van der Waals surface area (Å²) in [5, 5.41) is 13.9. The molecule has 0 aliphatic carbocycles. The van der Waals surface area contributed by atoms with Crippen molar-refractivity contribution in [3.63, 3.8) is 0 Å². The van der Waals surface area contributed by atoms with Crippen LogP contribution in [0.5, 0.6) is 5.75 Å². The van der Waals surface area contributed by atoms with Crippen molar-refractivity contribution in [3.8, 4) is 11.4 Å². The lowest BCUT2D eigenvalue weighted by molar-refractivity contribution is 0.306. The summed E-state index contributed by atoms with van der Waals surface area (Å²) >= 11 is 6.17. The van der Waals surface area contributed by atoms with Gasteiger partial charge in [0.25, 0.3) is 0 Å². The molecule has 0 bridgehead atoms. The maximum Gasteiger partial charge on any atom is 0.119 e. The third-order valence-electron chi connectivity index (χ3n) is 4.74. The second-order valence-corrected chi connectivity index (χ2v) is 6.95. The van der Waals surface area contributed by atoms with Crippen molar-refractivity contribution in [1.82, 2.24) is 4.57 Å². The molecule has 0 radical (unpaired) electrons. The zero-order chi connectivity index (χ0) is 19.5. The summed E-state index contributed by atoms with van der Waals surface area (Å²) in [5.41, 5.74) is 4.92. The monoisotopic (exact) mass is 390 g/mol. The zero-order valence-electron chi connectivity index (χ0n) is 15.3. The quantitative estimate of drug-likeness (QED) is 0.259. The largest absolute Gasteiger partial charge is 0.489 e. The van der Waals surface area contributed by atoms with Gasteiger partial charge in [-0.05, 0) is 55.0 Å². The Morgan fingerprint density at radius 1 is 1.04 bits per heavy atom. The van der Waals surface area contributed by atoms with E-state index in [1.54, 1.807) is 0 Å². The van der Waals surface area contributed by atoms with Crippen molar-refractivity contribution in [1.29, 1.82) is 0 Å². The molecule has 3 aromatic carbocycles. The first-order chi connectivity index (χ1) is 13.7. The molecule has 0 spiro atoms. The third-order valence-corrected chi connectivity index (χ3v) is 4.98. The van der Waals surface area contributed by atoms with Crippen molar-refractivity contribution in [2.24, 2.45) is 5.16 Å². The highest BCUT2D eigenvalue weighted by Crippen LogP contribution is 2.31. The van der Waals surface area contributed by atoms with E-state index in [4.69, 9.17) is 21.5 Å². The van der Waals surface area contributed by atoms with Gasteiger partial charge in [0.1, 0.15) is 12.4 Å². The van der Waals surface area contributed by atoms with Gasteiger partial charge in [-0.3, -0.25) is 0 Å². The molecule has 0 atom stereocenters. The second kappa shape index (κ2) is 7.79. The summed E-state index contributed by atoms with van der Waals surface area (Å²) in [7, 11) is 0. The van der Waals surface area contributed by atoms with Crippen LogP contribution < -0.4 is 4.74 Å². The van der Waals surface area contributed by atoms with Crippen LogP contribution in [-0.2, 0) is 6.61 Å². The van der Waals surface area contributed by atoms with E-state index in [9.17, 15) is 0 Å². The summed E-state index contributed by atoms with van der Waals surface area (Å²) in [4.78, 5) is 0. The van der Waals surface area contributed by atoms with Gasteiger partial charge < -0.3 is 14.5 Å². The van der Waals surface area contributed by atoms with Crippen LogP contribution in [0.1, 0.15) is 16.8 Å². The van der Waals surface area contributed by atoms with Crippen molar-refractivity contribution < 1.29 is 9.94 Å². The molecule has 4 aromatic rings. The lowest BCUT2D eigenvalue weighted by Gasteiger charge is -2.11. The van der Waals surface area contributed by atoms with Gasteiger partial charge in [0.2, 0.25) is 0 Å². The highest BCUT2D eigenvalue weighted by Gasteiger charge is 2.15. The van der Waals surface area contributed by atoms with Crippen LogP contribution in [0.15, 0.2) is 78.0 Å². The van der Waals surface area contributed by atoms with Crippen molar-refractivity contribution in [3.05, 3.63) is 94.6 Å². The molecule has 1 aromatic heterocycles. The van der Waals surface area contributed by atoms with Crippen molar-refractivity contribution in [2.75, 3.05) is 0 Å². The van der Waals surface area contributed by atoms with Gasteiger partial charge in [0.15, 0.2) is 0 Å². The lowest BCUT2D eigenvalue weighted by Crippen LogP contribution is -1.99. The summed E-state index contributed by atoms with van der Waals surface area (Å²) in [6.45, 7) is 2.52. The van der Waals surface area contributed by atoms with Crippen molar-refractivity contribution >= 4 is 28.7 Å². The number of benzene rings is 3. The Hall–Kier alpha value is -3.24. The van der Waals surface area contributed by atoms with Gasteiger partial charge in [-0.2, -0.15) is 0 Å². The minimum Gasteiger partial charge on any atom is -0.489 e. The van der Waals surface area contributed by atoms with E-state index in [1.165, 1.54) is 6.21 Å². The number of halogens is 1. The van der Waals surface area contributed by atoms with Crippen LogP contribution in [0.25, 0.3) is 16.6 Å². The van der Waals surface area contributed by atoms with E-state index in [1.807, 2.05) is 79.7 Å². The molecule has 1 heterocycles. The number of aromatic nitrogens is 1. The predicted octanol–water partition coefficient (Wildman–Crippen LogP) is 5.98. The van der Waals surface area contributed by atoms with Crippen LogP contribution >= 0.6 is 11.6 Å². The zero-order valence-corrected chi connectivity index (χ0v) is 16.1. The Morgan fingerprint density at radius 2 is 1.79 bits per heavy atom. The normalized spacial score (nSPS) is 11.4. The second-order valence-electron chi connectivity index (χ2n) is 6.51. The number of hydrogen-bond donors (Lipinski definition) is 1. The van der Waals surface area contributed by atoms with Crippen LogP contribution in [0.2, 0.25) is 5.02 Å². The van der Waals surface area contributed by atoms with Gasteiger partial charge in [-0.15, -0.1) is 0 Å². The number of nitrogens with zero attached hydrogens (tertiary/aromatic N) is 2. The highest BCUT2D eigenvalue weighted by atomic mass is 35.5. The van der Waals surface area contributed by atoms with Crippen LogP contribution in [0, 0.1) is 6.92 Å². The van der Waals surface area contributed by atoms with E-state index >= 15 is 0 Å². The fourth-order valence-electron chi connectivity index (χ4n) is 3.40. The Labute approximate surface area is 168 Å². The molecular formula is C23H19ClN2O2. The number of fused-ring (bicyclic) bond motifs is 1. The number of ether oxygens (including phenoxy) is 1. The van der Waals surface area contributed by atoms with E-state index < -0.39 is 0 Å². The Balaban J connectivity index is 1.67. The molecule has 5 heteroatoms. The molecule has 0 aliphatic heterocycles. The average Bonchev–Trinajstić information content (AvgIpc) is 2.99. The molecule has 0 saturated heterocycles. The number of rotatable bonds is 5. The third kappa shape index (κ3) is 3.47. The molecule has 0 unspecified atom stereocenters. The van der Waals surface area contributed by atoms with Gasteiger partial charge >= 0.3 is 0 Å². The molecule has 4 nitrogen and oxygen atoms in total. The van der Waals surface area contributed by atoms with E-state index in [0.29, 0.717) is 11.6 Å². The van der Waals surface area contributed by atoms with Crippen LogP contribution in [0.4, 0.5) is 0 Å². The summed E-state index contributed by atoms with van der Waals surface area (Å²) in [6, 6.07) is 23.7. The minimum absolute atomic E-state index is 0.529. The number of oxime groups is 1. The standard InChI is InChI=1S/C23H19ClN2O2/c1-16-22(14-25-27)21-13-18(24)7-12-23(21)26(16)19-8-10-20(11-9-19)28-15-17-5-3-2-4-6-17/h2-14,27H,15H2,1H3. The topological polar surface area (TPSA) is 46.8 Å². The maximum atomic E-state index is 9.05. The van der Waals surface area contributed by atoms with E-state index in [2.05, 4.69) is 9.72 Å². The average molecular weight is 391 g/mol. The van der Waals surface area contributed by atoms with Gasteiger partial charge in [-0.25, -0.2) is 0 Å². The van der Waals surface area contributed by atoms with Crippen LogP contribution in [0.3, 0.4) is 0 Å². The van der Waals surface area contributed by atoms with Gasteiger partial charge in [0, 0.05) is 27.4 Å². The summed E-state index contributed by atoms with van der Waals surface area (Å²) < 4.78 is 7.99. The molecule has 4 rings (SSSR count). The Bertz CT molecular complexity index is 1130. The lowest BCUT2D eigenvalue weighted by atomic mass is 10.1. The molecule has 1 N–H and O–H groups in total. The van der Waals surface area contributed by atoms with Gasteiger partial charge in [-0.1, -0.05) is 47.1 Å². The minimum atomic E-state index is 0.529. The fraction of sp³-hybridized carbons (Fsp3) is 0.0870. The molecule has 28 heavy (non-hydrogen) atoms. The highest BCUT2D eigenvalue weighted by molar-refractivity contribution is 6.31. The molecule has 0 saturated carbocycles. The maximum absolute atomic E-state index is 9.05.